The summed E-state index contributed by atoms with van der Waals surface area (Å²) >= 11 is 1.66. The maximum Gasteiger partial charge on any atom is 0.328 e. The zero-order valence-electron chi connectivity index (χ0n) is 10.4. The van der Waals surface area contributed by atoms with Crippen LogP contribution in [0.1, 0.15) is 28.9 Å². The lowest BCUT2D eigenvalue weighted by molar-refractivity contribution is 0.623. The number of hydrogen-bond acceptors (Lipinski definition) is 3. The predicted molar refractivity (Wildman–Crippen MR) is 69.7 cm³/mol. The molecule has 0 aliphatic rings. The third kappa shape index (κ3) is 2.49. The van der Waals surface area contributed by atoms with E-state index in [1.807, 2.05) is 19.3 Å². The Labute approximate surface area is 105 Å². The minimum absolute atomic E-state index is 0.0531. The molecular weight excluding hydrogens is 234 g/mol. The van der Waals surface area contributed by atoms with Crippen molar-refractivity contribution in [1.29, 1.82) is 0 Å². The van der Waals surface area contributed by atoms with Gasteiger partial charge in [-0.3, -0.25) is 9.13 Å². The van der Waals surface area contributed by atoms with Crippen LogP contribution in [0, 0.1) is 13.8 Å². The van der Waals surface area contributed by atoms with Gasteiger partial charge in [0.1, 0.15) is 5.01 Å². The second kappa shape index (κ2) is 4.87. The first-order valence-electron chi connectivity index (χ1n) is 5.80. The lowest BCUT2D eigenvalue weighted by Gasteiger charge is -1.98. The Bertz CT molecular complexity index is 545. The molecule has 4 nitrogen and oxygen atoms in total. The Balaban J connectivity index is 2.21. The second-order valence-electron chi connectivity index (χ2n) is 4.15. The minimum Gasteiger partial charge on any atom is -0.299 e. The van der Waals surface area contributed by atoms with E-state index < -0.39 is 0 Å². The Morgan fingerprint density at radius 1 is 1.29 bits per heavy atom. The summed E-state index contributed by atoms with van der Waals surface area (Å²) in [4.78, 5) is 17.6. The molecule has 0 aliphatic carbocycles. The molecule has 2 aromatic heterocycles. The van der Waals surface area contributed by atoms with Gasteiger partial charge in [0.05, 0.1) is 12.2 Å². The van der Waals surface area contributed by atoms with E-state index in [1.165, 1.54) is 4.88 Å². The first-order valence-corrected chi connectivity index (χ1v) is 6.62. The van der Waals surface area contributed by atoms with Crippen molar-refractivity contribution in [1.82, 2.24) is 14.1 Å². The largest absolute Gasteiger partial charge is 0.328 e. The fourth-order valence-electron chi connectivity index (χ4n) is 1.74. The second-order valence-corrected chi connectivity index (χ2v) is 5.44. The number of hydrogen-bond donors (Lipinski definition) is 0. The standard InChI is InChI=1S/C12H17N3OS/c1-4-5-14-6-7-15(12(14)16)8-11-13-9(2)10(3)17-11/h6-7H,4-5,8H2,1-3H3. The quantitative estimate of drug-likeness (QED) is 0.835. The van der Waals surface area contributed by atoms with Crippen LogP contribution in [-0.4, -0.2) is 14.1 Å². The molecule has 0 aromatic carbocycles. The van der Waals surface area contributed by atoms with Crippen molar-refractivity contribution in [3.63, 3.8) is 0 Å². The maximum absolute atomic E-state index is 12.0. The fourth-order valence-corrected chi connectivity index (χ4v) is 2.67. The van der Waals surface area contributed by atoms with E-state index >= 15 is 0 Å². The fraction of sp³-hybridized carbons (Fsp3) is 0.500. The number of aryl methyl sites for hydroxylation is 3. The molecule has 0 spiro atoms. The lowest BCUT2D eigenvalue weighted by atomic mass is 10.4. The van der Waals surface area contributed by atoms with Crippen LogP contribution in [0.2, 0.25) is 0 Å². The summed E-state index contributed by atoms with van der Waals surface area (Å²) in [6.45, 7) is 7.48. The Morgan fingerprint density at radius 3 is 2.59 bits per heavy atom. The highest BCUT2D eigenvalue weighted by molar-refractivity contribution is 7.11. The number of rotatable bonds is 4. The highest BCUT2D eigenvalue weighted by Crippen LogP contribution is 2.16. The van der Waals surface area contributed by atoms with Gasteiger partial charge in [-0.05, 0) is 20.3 Å². The Morgan fingerprint density at radius 2 is 2.00 bits per heavy atom. The van der Waals surface area contributed by atoms with Gasteiger partial charge in [-0.25, -0.2) is 9.78 Å². The molecule has 0 N–H and O–H groups in total. The van der Waals surface area contributed by atoms with E-state index in [4.69, 9.17) is 0 Å². The van der Waals surface area contributed by atoms with Crippen LogP contribution in [0.25, 0.3) is 0 Å². The molecule has 2 aromatic rings. The van der Waals surface area contributed by atoms with Gasteiger partial charge in [-0.2, -0.15) is 0 Å². The molecule has 0 fully saturated rings. The third-order valence-corrected chi connectivity index (χ3v) is 3.82. The van der Waals surface area contributed by atoms with Crippen molar-refractivity contribution in [2.45, 2.75) is 40.3 Å². The van der Waals surface area contributed by atoms with Crippen molar-refractivity contribution in [3.05, 3.63) is 38.5 Å². The van der Waals surface area contributed by atoms with Gasteiger partial charge in [0.25, 0.3) is 0 Å². The van der Waals surface area contributed by atoms with E-state index in [9.17, 15) is 4.79 Å². The zero-order chi connectivity index (χ0) is 12.4. The van der Waals surface area contributed by atoms with E-state index in [1.54, 1.807) is 20.5 Å². The summed E-state index contributed by atoms with van der Waals surface area (Å²) in [7, 11) is 0. The SMILES string of the molecule is CCCn1ccn(Cc2nc(C)c(C)s2)c1=O. The van der Waals surface area contributed by atoms with Crippen LogP contribution in [0.4, 0.5) is 0 Å². The Kier molecular flexibility index (Phi) is 3.47. The van der Waals surface area contributed by atoms with Gasteiger partial charge in [-0.1, -0.05) is 6.92 Å². The highest BCUT2D eigenvalue weighted by Gasteiger charge is 2.07. The molecule has 0 bridgehead atoms. The maximum atomic E-state index is 12.0. The van der Waals surface area contributed by atoms with Crippen molar-refractivity contribution in [2.24, 2.45) is 0 Å². The molecule has 0 radical (unpaired) electrons. The van der Waals surface area contributed by atoms with Crippen molar-refractivity contribution < 1.29 is 0 Å². The Hall–Kier alpha value is -1.36. The normalized spacial score (nSPS) is 11.0. The molecule has 5 heteroatoms. The smallest absolute Gasteiger partial charge is 0.299 e. The van der Waals surface area contributed by atoms with E-state index in [2.05, 4.69) is 18.8 Å². The molecule has 0 unspecified atom stereocenters. The van der Waals surface area contributed by atoms with Crippen LogP contribution >= 0.6 is 11.3 Å². The van der Waals surface area contributed by atoms with Crippen molar-refractivity contribution >= 4 is 11.3 Å². The summed E-state index contributed by atoms with van der Waals surface area (Å²) in [5, 5.41) is 0.997. The molecule has 92 valence electrons. The number of thiazole rings is 1. The summed E-state index contributed by atoms with van der Waals surface area (Å²) in [5.74, 6) is 0. The summed E-state index contributed by atoms with van der Waals surface area (Å²) in [5.41, 5.74) is 1.11. The van der Waals surface area contributed by atoms with Crippen LogP contribution in [-0.2, 0) is 13.1 Å². The average Bonchev–Trinajstić information content (AvgIpc) is 2.77. The topological polar surface area (TPSA) is 39.8 Å². The van der Waals surface area contributed by atoms with Gasteiger partial charge < -0.3 is 0 Å². The zero-order valence-corrected chi connectivity index (χ0v) is 11.3. The van der Waals surface area contributed by atoms with Crippen LogP contribution in [0.15, 0.2) is 17.2 Å². The van der Waals surface area contributed by atoms with Gasteiger partial charge in [0, 0.05) is 23.8 Å². The van der Waals surface area contributed by atoms with Crippen LogP contribution in [0.3, 0.4) is 0 Å². The molecule has 0 atom stereocenters. The molecule has 0 saturated heterocycles. The average molecular weight is 251 g/mol. The van der Waals surface area contributed by atoms with E-state index in [0.717, 1.165) is 23.7 Å². The third-order valence-electron chi connectivity index (χ3n) is 2.76. The molecule has 0 saturated carbocycles. The van der Waals surface area contributed by atoms with Crippen LogP contribution < -0.4 is 5.69 Å². The minimum atomic E-state index is 0.0531. The first-order chi connectivity index (χ1) is 8.11. The van der Waals surface area contributed by atoms with E-state index in [0.29, 0.717) is 6.54 Å². The summed E-state index contributed by atoms with van der Waals surface area (Å²) in [6, 6.07) is 0. The van der Waals surface area contributed by atoms with Gasteiger partial charge in [0.15, 0.2) is 0 Å². The lowest BCUT2D eigenvalue weighted by Crippen LogP contribution is -2.24. The molecule has 2 rings (SSSR count). The van der Waals surface area contributed by atoms with E-state index in [-0.39, 0.29) is 5.69 Å². The van der Waals surface area contributed by atoms with Crippen molar-refractivity contribution in [3.8, 4) is 0 Å². The van der Waals surface area contributed by atoms with Gasteiger partial charge >= 0.3 is 5.69 Å². The summed E-state index contributed by atoms with van der Waals surface area (Å²) in [6.07, 6.45) is 4.66. The van der Waals surface area contributed by atoms with Crippen molar-refractivity contribution in [2.75, 3.05) is 0 Å². The number of imidazole rings is 1. The predicted octanol–water partition coefficient (Wildman–Crippen LogP) is 2.18. The number of aromatic nitrogens is 3. The molecule has 0 aliphatic heterocycles. The molecule has 17 heavy (non-hydrogen) atoms. The molecule has 0 amide bonds. The molecule has 2 heterocycles. The molecular formula is C12H17N3OS. The van der Waals surface area contributed by atoms with Crippen LogP contribution in [0.5, 0.6) is 0 Å². The highest BCUT2D eigenvalue weighted by atomic mass is 32.1. The first kappa shape index (κ1) is 12.1. The summed E-state index contributed by atoms with van der Waals surface area (Å²) < 4.78 is 3.46. The van der Waals surface area contributed by atoms with Gasteiger partial charge in [-0.15, -0.1) is 11.3 Å². The monoisotopic (exact) mass is 251 g/mol. The number of nitrogens with zero attached hydrogens (tertiary/aromatic N) is 3. The van der Waals surface area contributed by atoms with Gasteiger partial charge in [0.2, 0.25) is 0 Å².